The van der Waals surface area contributed by atoms with Gasteiger partial charge in [0.15, 0.2) is 0 Å². The first-order valence-corrected chi connectivity index (χ1v) is 12.4. The fourth-order valence-corrected chi connectivity index (χ4v) is 5.32. The Bertz CT molecular complexity index is 1410. The van der Waals surface area contributed by atoms with Crippen LogP contribution in [-0.2, 0) is 16.1 Å². The predicted octanol–water partition coefficient (Wildman–Crippen LogP) is 5.95. The molecule has 0 unspecified atom stereocenters. The van der Waals surface area contributed by atoms with Crippen molar-refractivity contribution in [3.63, 3.8) is 0 Å². The topological polar surface area (TPSA) is 84.9 Å². The molecule has 0 spiro atoms. The Kier molecular flexibility index (Phi) is 6.80. The number of amides is 2. The summed E-state index contributed by atoms with van der Waals surface area (Å²) in [6, 6.07) is 17.2. The molecule has 0 bridgehead atoms. The van der Waals surface area contributed by atoms with Gasteiger partial charge in [0.25, 0.3) is 11.8 Å². The second-order valence-corrected chi connectivity index (χ2v) is 9.60. The first kappa shape index (κ1) is 26.3. The van der Waals surface area contributed by atoms with Crippen LogP contribution in [0.25, 0.3) is 11.1 Å². The number of ether oxygens (including phenoxy) is 2. The molecule has 202 valence electrons. The van der Waals surface area contributed by atoms with Gasteiger partial charge in [-0.1, -0.05) is 37.1 Å². The number of benzene rings is 3. The lowest BCUT2D eigenvalue weighted by molar-refractivity contribution is -0.274. The molecule has 1 aliphatic carbocycles. The number of halogens is 3. The van der Waals surface area contributed by atoms with E-state index in [4.69, 9.17) is 4.74 Å². The van der Waals surface area contributed by atoms with Crippen molar-refractivity contribution in [2.75, 3.05) is 12.4 Å². The van der Waals surface area contributed by atoms with Crippen molar-refractivity contribution < 1.29 is 37.0 Å². The Morgan fingerprint density at radius 1 is 0.923 bits per heavy atom. The quantitative estimate of drug-likeness (QED) is 0.393. The summed E-state index contributed by atoms with van der Waals surface area (Å²) in [5, 5.41) is 2.70. The third kappa shape index (κ3) is 5.19. The van der Waals surface area contributed by atoms with Crippen LogP contribution in [0.15, 0.2) is 66.7 Å². The lowest BCUT2D eigenvalue weighted by Crippen LogP contribution is -2.53. The molecule has 10 heteroatoms. The Labute approximate surface area is 222 Å². The molecule has 0 saturated heterocycles. The van der Waals surface area contributed by atoms with Gasteiger partial charge in [-0.15, -0.1) is 13.2 Å². The Morgan fingerprint density at radius 3 is 2.18 bits per heavy atom. The van der Waals surface area contributed by atoms with Gasteiger partial charge >= 0.3 is 12.3 Å². The summed E-state index contributed by atoms with van der Waals surface area (Å²) in [6.07, 6.45) is -1.91. The lowest BCUT2D eigenvalue weighted by atomic mass is 9.95. The summed E-state index contributed by atoms with van der Waals surface area (Å²) in [4.78, 5) is 40.2. The van der Waals surface area contributed by atoms with Crippen LogP contribution in [-0.4, -0.2) is 41.7 Å². The summed E-state index contributed by atoms with van der Waals surface area (Å²) in [5.41, 5.74) is 2.77. The number of nitrogens with one attached hydrogen (secondary N) is 1. The molecule has 3 aromatic carbocycles. The molecule has 2 amide bonds. The molecule has 1 N–H and O–H groups in total. The van der Waals surface area contributed by atoms with E-state index in [1.165, 1.54) is 19.2 Å². The zero-order valence-corrected chi connectivity index (χ0v) is 21.0. The van der Waals surface area contributed by atoms with Crippen molar-refractivity contribution in [1.29, 1.82) is 0 Å². The first-order chi connectivity index (χ1) is 18.6. The van der Waals surface area contributed by atoms with E-state index in [2.05, 4.69) is 10.1 Å². The van der Waals surface area contributed by atoms with Crippen LogP contribution < -0.4 is 10.1 Å². The highest BCUT2D eigenvalue weighted by molar-refractivity contribution is 6.05. The molecule has 1 heterocycles. The van der Waals surface area contributed by atoms with Crippen LogP contribution in [0.5, 0.6) is 5.75 Å². The molecule has 1 aliphatic heterocycles. The van der Waals surface area contributed by atoms with Gasteiger partial charge in [0.2, 0.25) is 0 Å². The molecule has 5 rings (SSSR count). The summed E-state index contributed by atoms with van der Waals surface area (Å²) in [6.45, 7) is 0.359. The second kappa shape index (κ2) is 10.1. The van der Waals surface area contributed by atoms with E-state index in [9.17, 15) is 27.6 Å². The summed E-state index contributed by atoms with van der Waals surface area (Å²) in [7, 11) is 1.35. The maximum Gasteiger partial charge on any atom is 0.573 e. The molecule has 1 fully saturated rings. The number of nitrogens with zero attached hydrogens (tertiary/aromatic N) is 1. The van der Waals surface area contributed by atoms with Gasteiger partial charge in [0.05, 0.1) is 7.11 Å². The van der Waals surface area contributed by atoms with Crippen molar-refractivity contribution >= 4 is 23.5 Å². The minimum Gasteiger partial charge on any atom is -0.467 e. The fourth-order valence-electron chi connectivity index (χ4n) is 5.32. The highest BCUT2D eigenvalue weighted by atomic mass is 19.4. The van der Waals surface area contributed by atoms with Crippen LogP contribution in [0.2, 0.25) is 0 Å². The largest absolute Gasteiger partial charge is 0.573 e. The van der Waals surface area contributed by atoms with E-state index >= 15 is 0 Å². The number of hydrogen-bond donors (Lipinski definition) is 1. The standard InChI is InChI=1S/C29H25F3N2O5/c1-38-27(37)28(14-2-3-15-28)34-17-21-5-4-20(16-24(21)26(34)36)18-6-10-22(11-7-18)33-25(35)19-8-12-23(13-9-19)39-29(30,31)32/h4-13,16H,2-3,14-15,17H2,1H3,(H,33,35). The zero-order valence-electron chi connectivity index (χ0n) is 21.0. The fraction of sp³-hybridized carbons (Fsp3) is 0.276. The van der Waals surface area contributed by atoms with E-state index < -0.39 is 23.6 Å². The SMILES string of the molecule is COC(=O)C1(N2Cc3ccc(-c4ccc(NC(=O)c5ccc(OC(F)(F)F)cc5)cc4)cc3C2=O)CCCC1. The van der Waals surface area contributed by atoms with Gasteiger partial charge in [0.1, 0.15) is 11.3 Å². The summed E-state index contributed by atoms with van der Waals surface area (Å²) >= 11 is 0. The molecule has 39 heavy (non-hydrogen) atoms. The van der Waals surface area contributed by atoms with Crippen molar-refractivity contribution in [3.8, 4) is 16.9 Å². The Morgan fingerprint density at radius 2 is 1.56 bits per heavy atom. The van der Waals surface area contributed by atoms with Crippen molar-refractivity contribution in [2.45, 2.75) is 44.1 Å². The van der Waals surface area contributed by atoms with Gasteiger partial charge in [-0.25, -0.2) is 4.79 Å². The highest BCUT2D eigenvalue weighted by Gasteiger charge is 2.51. The highest BCUT2D eigenvalue weighted by Crippen LogP contribution is 2.42. The Hall–Kier alpha value is -4.34. The van der Waals surface area contributed by atoms with Crippen LogP contribution >= 0.6 is 0 Å². The van der Waals surface area contributed by atoms with Crippen LogP contribution in [0.1, 0.15) is 52.0 Å². The number of alkyl halides is 3. The van der Waals surface area contributed by atoms with Crippen LogP contribution in [0.3, 0.4) is 0 Å². The second-order valence-electron chi connectivity index (χ2n) is 9.60. The van der Waals surface area contributed by atoms with Crippen LogP contribution in [0.4, 0.5) is 18.9 Å². The molecular weight excluding hydrogens is 513 g/mol. The first-order valence-electron chi connectivity index (χ1n) is 12.4. The van der Waals surface area contributed by atoms with Crippen molar-refractivity contribution in [2.24, 2.45) is 0 Å². The summed E-state index contributed by atoms with van der Waals surface area (Å²) in [5.74, 6) is -1.46. The Balaban J connectivity index is 1.28. The number of rotatable bonds is 6. The number of esters is 1. The van der Waals surface area contributed by atoms with E-state index in [0.29, 0.717) is 30.6 Å². The van der Waals surface area contributed by atoms with E-state index in [-0.39, 0.29) is 17.4 Å². The van der Waals surface area contributed by atoms with Crippen molar-refractivity contribution in [1.82, 2.24) is 4.90 Å². The minimum absolute atomic E-state index is 0.169. The minimum atomic E-state index is -4.81. The number of methoxy groups -OCH3 is 1. The van der Waals surface area contributed by atoms with Crippen molar-refractivity contribution in [3.05, 3.63) is 83.4 Å². The molecule has 0 radical (unpaired) electrons. The zero-order chi connectivity index (χ0) is 27.8. The van der Waals surface area contributed by atoms with E-state index in [1.54, 1.807) is 29.2 Å². The van der Waals surface area contributed by atoms with Gasteiger partial charge in [-0.05, 0) is 72.0 Å². The van der Waals surface area contributed by atoms with Gasteiger partial charge < -0.3 is 19.7 Å². The number of hydrogen-bond acceptors (Lipinski definition) is 5. The third-order valence-corrected chi connectivity index (χ3v) is 7.25. The maximum absolute atomic E-state index is 13.4. The molecular formula is C29H25F3N2O5. The summed E-state index contributed by atoms with van der Waals surface area (Å²) < 4.78 is 45.9. The van der Waals surface area contributed by atoms with Gasteiger partial charge in [-0.3, -0.25) is 9.59 Å². The number of fused-ring (bicyclic) bond motifs is 1. The molecule has 7 nitrogen and oxygen atoms in total. The third-order valence-electron chi connectivity index (χ3n) is 7.25. The average molecular weight is 539 g/mol. The van der Waals surface area contributed by atoms with Crippen LogP contribution in [0, 0.1) is 0 Å². The normalized spacial score (nSPS) is 16.1. The molecule has 0 aromatic heterocycles. The molecule has 2 aliphatic rings. The molecule has 1 saturated carbocycles. The predicted molar refractivity (Wildman–Crippen MR) is 136 cm³/mol. The van der Waals surface area contributed by atoms with E-state index in [0.717, 1.165) is 41.7 Å². The lowest BCUT2D eigenvalue weighted by Gasteiger charge is -2.35. The van der Waals surface area contributed by atoms with Gasteiger partial charge in [0, 0.05) is 23.4 Å². The molecule has 3 aromatic rings. The van der Waals surface area contributed by atoms with E-state index in [1.807, 2.05) is 18.2 Å². The van der Waals surface area contributed by atoms with Gasteiger partial charge in [-0.2, -0.15) is 0 Å². The number of carbonyl (C=O) groups is 3. The number of carbonyl (C=O) groups excluding carboxylic acids is 3. The number of anilines is 1. The monoisotopic (exact) mass is 538 g/mol. The smallest absolute Gasteiger partial charge is 0.467 e. The molecule has 0 atom stereocenters. The average Bonchev–Trinajstić information content (AvgIpc) is 3.54. The maximum atomic E-state index is 13.4.